The van der Waals surface area contributed by atoms with E-state index >= 15 is 0 Å². The van der Waals surface area contributed by atoms with Crippen molar-refractivity contribution in [3.05, 3.63) is 71.7 Å². The van der Waals surface area contributed by atoms with E-state index in [1.165, 1.54) is 23.1 Å². The lowest BCUT2D eigenvalue weighted by molar-refractivity contribution is 0.0976. The van der Waals surface area contributed by atoms with Gasteiger partial charge in [0.15, 0.2) is 5.82 Å². The number of aryl methyl sites for hydroxylation is 1. The Morgan fingerprint density at radius 1 is 1.15 bits per heavy atom. The van der Waals surface area contributed by atoms with Crippen LogP contribution in [0.2, 0.25) is 0 Å². The molecule has 0 unspecified atom stereocenters. The Morgan fingerprint density at radius 3 is 2.85 bits per heavy atom. The number of carbonyl (C=O) groups is 1. The quantitative estimate of drug-likeness (QED) is 0.767. The lowest BCUT2D eigenvalue weighted by Gasteiger charge is -2.29. The SMILES string of the molecule is Cc1ccc(Nc2cccc(C(=O)N3CCOc4ccc(F)cc43)c2)nn1. The van der Waals surface area contributed by atoms with Crippen LogP contribution in [0.3, 0.4) is 0 Å². The van der Waals surface area contributed by atoms with Gasteiger partial charge in [0, 0.05) is 17.3 Å². The molecule has 0 atom stereocenters. The number of nitrogens with zero attached hydrogens (tertiary/aromatic N) is 3. The maximum atomic E-state index is 13.7. The van der Waals surface area contributed by atoms with Gasteiger partial charge in [-0.25, -0.2) is 4.39 Å². The van der Waals surface area contributed by atoms with Crippen LogP contribution in [0, 0.1) is 12.7 Å². The first kappa shape index (κ1) is 17.0. The monoisotopic (exact) mass is 364 g/mol. The lowest BCUT2D eigenvalue weighted by atomic mass is 10.1. The molecule has 27 heavy (non-hydrogen) atoms. The van der Waals surface area contributed by atoms with Crippen molar-refractivity contribution < 1.29 is 13.9 Å². The zero-order valence-corrected chi connectivity index (χ0v) is 14.6. The summed E-state index contributed by atoms with van der Waals surface area (Å²) in [4.78, 5) is 14.5. The molecule has 2 aromatic carbocycles. The fourth-order valence-corrected chi connectivity index (χ4v) is 2.90. The average molecular weight is 364 g/mol. The van der Waals surface area contributed by atoms with Crippen molar-refractivity contribution in [1.29, 1.82) is 0 Å². The molecule has 0 spiro atoms. The Bertz CT molecular complexity index is 992. The number of fused-ring (bicyclic) bond motifs is 1. The highest BCUT2D eigenvalue weighted by Crippen LogP contribution is 2.33. The van der Waals surface area contributed by atoms with Crippen molar-refractivity contribution in [3.8, 4) is 5.75 Å². The molecule has 1 aliphatic heterocycles. The predicted molar refractivity (Wildman–Crippen MR) is 100 cm³/mol. The summed E-state index contributed by atoms with van der Waals surface area (Å²) in [5.41, 5.74) is 2.46. The van der Waals surface area contributed by atoms with Crippen molar-refractivity contribution in [1.82, 2.24) is 10.2 Å². The summed E-state index contributed by atoms with van der Waals surface area (Å²) in [6.07, 6.45) is 0. The second-order valence-corrected chi connectivity index (χ2v) is 6.18. The first-order valence-corrected chi connectivity index (χ1v) is 8.52. The number of nitrogens with one attached hydrogen (secondary N) is 1. The van der Waals surface area contributed by atoms with Gasteiger partial charge in [-0.15, -0.1) is 5.10 Å². The molecule has 6 nitrogen and oxygen atoms in total. The van der Waals surface area contributed by atoms with Gasteiger partial charge in [0.2, 0.25) is 0 Å². The minimum atomic E-state index is -0.412. The van der Waals surface area contributed by atoms with Crippen molar-refractivity contribution >= 4 is 23.1 Å². The van der Waals surface area contributed by atoms with E-state index in [1.54, 1.807) is 18.2 Å². The number of anilines is 3. The molecule has 1 N–H and O–H groups in total. The summed E-state index contributed by atoms with van der Waals surface area (Å²) in [7, 11) is 0. The Labute approximate surface area is 155 Å². The Kier molecular flexibility index (Phi) is 4.42. The van der Waals surface area contributed by atoms with Gasteiger partial charge in [-0.05, 0) is 49.4 Å². The second kappa shape index (κ2) is 7.03. The highest BCUT2D eigenvalue weighted by atomic mass is 19.1. The van der Waals surface area contributed by atoms with E-state index in [4.69, 9.17) is 4.74 Å². The summed E-state index contributed by atoms with van der Waals surface area (Å²) in [5, 5.41) is 11.2. The summed E-state index contributed by atoms with van der Waals surface area (Å²) in [6.45, 7) is 2.58. The van der Waals surface area contributed by atoms with E-state index < -0.39 is 5.82 Å². The molecule has 136 valence electrons. The number of carbonyl (C=O) groups excluding carboxylic acids is 1. The summed E-state index contributed by atoms with van der Waals surface area (Å²) in [6, 6.07) is 14.9. The maximum absolute atomic E-state index is 13.7. The van der Waals surface area contributed by atoms with Crippen LogP contribution in [0.4, 0.5) is 21.6 Å². The highest BCUT2D eigenvalue weighted by Gasteiger charge is 2.25. The fraction of sp³-hybridized carbons (Fsp3) is 0.150. The highest BCUT2D eigenvalue weighted by molar-refractivity contribution is 6.07. The largest absolute Gasteiger partial charge is 0.490 e. The molecule has 3 aromatic rings. The molecule has 0 fully saturated rings. The Balaban J connectivity index is 1.60. The van der Waals surface area contributed by atoms with E-state index in [0.717, 1.165) is 5.69 Å². The van der Waals surface area contributed by atoms with Gasteiger partial charge in [-0.2, -0.15) is 5.10 Å². The summed E-state index contributed by atoms with van der Waals surface area (Å²) < 4.78 is 19.2. The number of aromatic nitrogens is 2. The van der Waals surface area contributed by atoms with Crippen LogP contribution in [-0.2, 0) is 0 Å². The van der Waals surface area contributed by atoms with Gasteiger partial charge in [-0.3, -0.25) is 4.79 Å². The molecular weight excluding hydrogens is 347 g/mol. The molecule has 2 heterocycles. The summed E-state index contributed by atoms with van der Waals surface area (Å²) >= 11 is 0. The van der Waals surface area contributed by atoms with Gasteiger partial charge in [-0.1, -0.05) is 6.07 Å². The fourth-order valence-electron chi connectivity index (χ4n) is 2.90. The third-order valence-electron chi connectivity index (χ3n) is 4.21. The smallest absolute Gasteiger partial charge is 0.258 e. The third kappa shape index (κ3) is 3.57. The van der Waals surface area contributed by atoms with Crippen molar-refractivity contribution in [2.45, 2.75) is 6.92 Å². The average Bonchev–Trinajstić information content (AvgIpc) is 2.69. The molecule has 1 aliphatic rings. The normalized spacial score (nSPS) is 12.9. The molecule has 4 rings (SSSR count). The maximum Gasteiger partial charge on any atom is 0.258 e. The van der Waals surface area contributed by atoms with Crippen LogP contribution in [0.1, 0.15) is 16.1 Å². The minimum Gasteiger partial charge on any atom is -0.490 e. The molecule has 1 aromatic heterocycles. The van der Waals surface area contributed by atoms with Crippen LogP contribution in [-0.4, -0.2) is 29.3 Å². The number of halogens is 1. The van der Waals surface area contributed by atoms with Crippen molar-refractivity contribution in [2.24, 2.45) is 0 Å². The van der Waals surface area contributed by atoms with E-state index in [-0.39, 0.29) is 5.91 Å². The topological polar surface area (TPSA) is 67.4 Å². The Hall–Kier alpha value is -3.48. The standard InChI is InChI=1S/C20H17FN4O2/c1-13-5-8-19(24-23-13)22-16-4-2-3-14(11-16)20(26)25-9-10-27-18-7-6-15(21)12-17(18)25/h2-8,11-12H,9-10H2,1H3,(H,22,24). The number of rotatable bonds is 3. The van der Waals surface area contributed by atoms with E-state index in [1.807, 2.05) is 25.1 Å². The summed E-state index contributed by atoms with van der Waals surface area (Å²) in [5.74, 6) is 0.457. The Morgan fingerprint density at radius 2 is 2.04 bits per heavy atom. The molecule has 1 amide bonds. The molecule has 0 saturated heterocycles. The number of amides is 1. The number of hydrogen-bond acceptors (Lipinski definition) is 5. The van der Waals surface area contributed by atoms with Gasteiger partial charge >= 0.3 is 0 Å². The zero-order chi connectivity index (χ0) is 18.8. The van der Waals surface area contributed by atoms with Crippen LogP contribution in [0.5, 0.6) is 5.75 Å². The molecule has 0 bridgehead atoms. The lowest BCUT2D eigenvalue weighted by Crippen LogP contribution is -2.38. The number of hydrogen-bond donors (Lipinski definition) is 1. The first-order chi connectivity index (χ1) is 13.1. The number of ether oxygens (including phenoxy) is 1. The molecule has 0 saturated carbocycles. The molecular formula is C20H17FN4O2. The number of benzene rings is 2. The van der Waals surface area contributed by atoms with Gasteiger partial charge in [0.25, 0.3) is 5.91 Å². The van der Waals surface area contributed by atoms with Gasteiger partial charge in [0.05, 0.1) is 17.9 Å². The molecule has 0 aliphatic carbocycles. The second-order valence-electron chi connectivity index (χ2n) is 6.18. The molecule has 0 radical (unpaired) electrons. The van der Waals surface area contributed by atoms with Gasteiger partial charge in [0.1, 0.15) is 18.2 Å². The van der Waals surface area contributed by atoms with Crippen LogP contribution in [0.25, 0.3) is 0 Å². The van der Waals surface area contributed by atoms with E-state index in [9.17, 15) is 9.18 Å². The van der Waals surface area contributed by atoms with Crippen molar-refractivity contribution in [2.75, 3.05) is 23.4 Å². The zero-order valence-electron chi connectivity index (χ0n) is 14.6. The predicted octanol–water partition coefficient (Wildman–Crippen LogP) is 3.71. The van der Waals surface area contributed by atoms with E-state index in [2.05, 4.69) is 15.5 Å². The van der Waals surface area contributed by atoms with Crippen LogP contribution < -0.4 is 15.0 Å². The third-order valence-corrected chi connectivity index (χ3v) is 4.21. The van der Waals surface area contributed by atoms with E-state index in [0.29, 0.717) is 41.7 Å². The van der Waals surface area contributed by atoms with Crippen molar-refractivity contribution in [3.63, 3.8) is 0 Å². The molecule has 7 heteroatoms. The first-order valence-electron chi connectivity index (χ1n) is 8.52. The van der Waals surface area contributed by atoms with Crippen LogP contribution >= 0.6 is 0 Å². The minimum absolute atomic E-state index is 0.219. The van der Waals surface area contributed by atoms with Crippen LogP contribution in [0.15, 0.2) is 54.6 Å². The van der Waals surface area contributed by atoms with Gasteiger partial charge < -0.3 is 15.0 Å².